The second-order valence-electron chi connectivity index (χ2n) is 29.2. The maximum Gasteiger partial charge on any atom is 0.409 e. The van der Waals surface area contributed by atoms with Crippen LogP contribution in [0.1, 0.15) is 303 Å². The van der Waals surface area contributed by atoms with E-state index in [4.69, 9.17) is 0 Å². The van der Waals surface area contributed by atoms with Crippen LogP contribution in [0, 0.1) is 0 Å². The minimum atomic E-state index is -0.0666. The number of aromatic hydroxyl groups is 14. The van der Waals surface area contributed by atoms with Gasteiger partial charge in [-0.15, -0.1) is 0 Å². The lowest BCUT2D eigenvalue weighted by Gasteiger charge is -2.11. The van der Waals surface area contributed by atoms with Crippen molar-refractivity contribution in [1.82, 2.24) is 0 Å². The second kappa shape index (κ2) is 36.7. The molecule has 2 atom stereocenters. The first kappa shape index (κ1) is 85.0. The summed E-state index contributed by atoms with van der Waals surface area (Å²) in [6.45, 7) is 52.5. The largest absolute Gasteiger partial charge is 0.504 e. The van der Waals surface area contributed by atoms with Crippen molar-refractivity contribution < 1.29 is 103 Å². The van der Waals surface area contributed by atoms with Crippen LogP contribution < -0.4 is 32.0 Å². The van der Waals surface area contributed by atoms with E-state index in [1.165, 1.54) is 17.7 Å². The molecule has 0 radical (unpaired) electrons. The number of nitrogens with zero attached hydrogens (tertiary/aromatic N) is 7. The Kier molecular flexibility index (Phi) is 31.2. The first-order valence-corrected chi connectivity index (χ1v) is 34.9. The second-order valence-corrected chi connectivity index (χ2v) is 29.2. The Morgan fingerprint density at radius 2 is 0.860 bits per heavy atom. The van der Waals surface area contributed by atoms with Gasteiger partial charge in [0.25, 0.3) is 0 Å². The number of hydrogen-bond acceptors (Lipinski definition) is 14. The summed E-state index contributed by atoms with van der Waals surface area (Å²) in [7, 11) is 0. The highest BCUT2D eigenvalue weighted by Crippen LogP contribution is 2.41. The SMILES string of the molecule is CC(C)c1c(O)c(O)cc[n+]1C(C)C.CC(C)c1c[n+](C(C)C)cc(O)c1O.CC(C)c1cc(O)c(O)[n+](C(C)C)c1.CC(C)c1cc(O)c(O)c[n+]1C(C)C.CC(C)c1cc[n+](C(C)C)c(O)c1O.CC(C)c1ccc(O)c(O)[n+]1C(C)C.CC1c2cccc3cc(O)c(O)[n+](c23)C1C. The van der Waals surface area contributed by atoms with Gasteiger partial charge in [0.1, 0.15) is 0 Å². The number of pyridine rings is 7. The highest BCUT2D eigenvalue weighted by molar-refractivity contribution is 5.82. The van der Waals surface area contributed by atoms with Crippen LogP contribution in [-0.2, 0) is 0 Å². The molecule has 1 aliphatic rings. The minimum absolute atomic E-state index is 0.00287. The van der Waals surface area contributed by atoms with Gasteiger partial charge in [0.05, 0.1) is 17.0 Å². The van der Waals surface area contributed by atoms with Gasteiger partial charge in [-0.1, -0.05) is 102 Å². The van der Waals surface area contributed by atoms with E-state index in [9.17, 15) is 71.5 Å². The van der Waals surface area contributed by atoms with Crippen molar-refractivity contribution in [3.05, 3.63) is 137 Å². The van der Waals surface area contributed by atoms with Crippen LogP contribution in [-0.4, -0.2) is 71.5 Å². The normalized spacial score (nSPS) is 13.1. The molecule has 8 heterocycles. The fourth-order valence-corrected chi connectivity index (χ4v) is 11.4. The molecule has 0 bridgehead atoms. The Bertz CT molecular complexity index is 3800. The molecule has 0 saturated carbocycles. The predicted octanol–water partition coefficient (Wildman–Crippen LogP) is 14.8. The zero-order valence-corrected chi connectivity index (χ0v) is 64.2. The molecular formula is C79H122N7O14+7. The quantitative estimate of drug-likeness (QED) is 0.0506. The van der Waals surface area contributed by atoms with E-state index in [2.05, 4.69) is 61.5 Å². The molecule has 7 aromatic heterocycles. The summed E-state index contributed by atoms with van der Waals surface area (Å²) in [6, 6.07) is 19.1. The third-order valence-corrected chi connectivity index (χ3v) is 17.4. The molecule has 550 valence electrons. The number of hydrogen-bond donors (Lipinski definition) is 14. The smallest absolute Gasteiger partial charge is 0.409 e. The van der Waals surface area contributed by atoms with Crippen molar-refractivity contribution in [3.63, 3.8) is 0 Å². The number of rotatable bonds is 12. The number of para-hydroxylation sites is 1. The molecule has 0 aliphatic carbocycles. The molecule has 8 aromatic rings. The lowest BCUT2D eigenvalue weighted by atomic mass is 9.97. The van der Waals surface area contributed by atoms with E-state index >= 15 is 0 Å². The van der Waals surface area contributed by atoms with Gasteiger partial charge in [-0.3, -0.25) is 0 Å². The molecular weight excluding hydrogens is 1270 g/mol. The van der Waals surface area contributed by atoms with Crippen LogP contribution in [0.15, 0.2) is 97.8 Å². The van der Waals surface area contributed by atoms with Crippen molar-refractivity contribution >= 4 is 10.9 Å². The molecule has 0 amide bonds. The topological polar surface area (TPSA) is 310 Å². The van der Waals surface area contributed by atoms with Crippen molar-refractivity contribution in [2.75, 3.05) is 0 Å². The van der Waals surface area contributed by atoms with Crippen LogP contribution in [0.5, 0.6) is 81.0 Å². The Hall–Kier alpha value is -9.27. The number of aromatic nitrogens is 7. The molecule has 21 nitrogen and oxygen atoms in total. The molecule has 21 heteroatoms. The zero-order chi connectivity index (χ0) is 76.7. The molecule has 9 rings (SSSR count). The van der Waals surface area contributed by atoms with Gasteiger partial charge in [-0.2, -0.15) is 32.0 Å². The Morgan fingerprint density at radius 3 is 1.34 bits per heavy atom. The molecule has 100 heavy (non-hydrogen) atoms. The third-order valence-electron chi connectivity index (χ3n) is 17.4. The maximum absolute atomic E-state index is 9.93. The van der Waals surface area contributed by atoms with E-state index in [1.54, 1.807) is 56.7 Å². The van der Waals surface area contributed by atoms with Crippen LogP contribution in [0.3, 0.4) is 0 Å². The molecule has 2 unspecified atom stereocenters. The summed E-state index contributed by atoms with van der Waals surface area (Å²) in [5.41, 5.74) is 7.68. The number of benzene rings is 1. The van der Waals surface area contributed by atoms with E-state index in [-0.39, 0.29) is 141 Å². The van der Waals surface area contributed by atoms with Crippen molar-refractivity contribution in [2.45, 2.75) is 264 Å². The van der Waals surface area contributed by atoms with Crippen molar-refractivity contribution in [3.8, 4) is 81.0 Å². The van der Waals surface area contributed by atoms with Crippen molar-refractivity contribution in [2.24, 2.45) is 0 Å². The first-order valence-electron chi connectivity index (χ1n) is 34.9. The maximum atomic E-state index is 9.93. The first-order chi connectivity index (χ1) is 46.2. The Morgan fingerprint density at radius 1 is 0.330 bits per heavy atom. The molecule has 1 aliphatic heterocycles. The van der Waals surface area contributed by atoms with Crippen LogP contribution in [0.4, 0.5) is 0 Å². The summed E-state index contributed by atoms with van der Waals surface area (Å²) in [4.78, 5) is 0. The van der Waals surface area contributed by atoms with E-state index in [0.717, 1.165) is 44.7 Å². The predicted molar refractivity (Wildman–Crippen MR) is 387 cm³/mol. The van der Waals surface area contributed by atoms with Gasteiger partial charge >= 0.3 is 23.5 Å². The molecule has 0 saturated heterocycles. The van der Waals surface area contributed by atoms with Crippen LogP contribution in [0.25, 0.3) is 10.9 Å². The summed E-state index contributed by atoms with van der Waals surface area (Å²) in [6.07, 6.45) is 10.5. The van der Waals surface area contributed by atoms with Crippen molar-refractivity contribution in [1.29, 1.82) is 0 Å². The molecule has 14 N–H and O–H groups in total. The summed E-state index contributed by atoms with van der Waals surface area (Å²) >= 11 is 0. The third kappa shape index (κ3) is 21.1. The molecule has 1 aromatic carbocycles. The Balaban J connectivity index is 0.000000304. The monoisotopic (exact) mass is 1390 g/mol. The summed E-state index contributed by atoms with van der Waals surface area (Å²) < 4.78 is 12.7. The Labute approximate surface area is 593 Å². The van der Waals surface area contributed by atoms with Gasteiger partial charge in [-0.25, -0.2) is 0 Å². The lowest BCUT2D eigenvalue weighted by molar-refractivity contribution is -0.729. The summed E-state index contributed by atoms with van der Waals surface area (Å²) in [5, 5.41) is 135. The lowest BCUT2D eigenvalue weighted by Crippen LogP contribution is -2.41. The van der Waals surface area contributed by atoms with Gasteiger partial charge in [0.2, 0.25) is 63.9 Å². The average molecular weight is 1390 g/mol. The van der Waals surface area contributed by atoms with E-state index in [1.807, 2.05) is 180 Å². The molecule has 0 fully saturated rings. The summed E-state index contributed by atoms with van der Waals surface area (Å²) in [5.74, 6) is 1.35. The van der Waals surface area contributed by atoms with E-state index < -0.39 is 0 Å². The fraction of sp³-hybridized carbons (Fsp3) is 0.506. The van der Waals surface area contributed by atoms with Crippen LogP contribution in [0.2, 0.25) is 0 Å². The molecule has 0 spiro atoms. The van der Waals surface area contributed by atoms with E-state index in [0.29, 0.717) is 23.7 Å². The van der Waals surface area contributed by atoms with Gasteiger partial charge in [0.15, 0.2) is 95.7 Å². The zero-order valence-electron chi connectivity index (χ0n) is 64.2. The average Bonchev–Trinajstić information content (AvgIpc) is 1.58. The highest BCUT2D eigenvalue weighted by atomic mass is 16.3. The van der Waals surface area contributed by atoms with Gasteiger partial charge in [-0.05, 0) is 120 Å². The standard InChI is InChI=1S/C13H13NO2.6C11H17NO2/c1-7-8(2)14-12-9(4-3-5-10(7)12)6-11(15)13(14)16;1-7(2)9-5-12(8(3)4)6-10(13)11(9)14;1-7(2)9-5-10(13)11(14)6-12(9)8(3)4;1-7(2)9-5-10(13)11(14)12(6-9)8(3)4;1-7(2)10-11(14)9(13)5-6-12(10)8(3)4;1-7(2)9-5-6-12(8(3)4)11(14)10(9)13;1-7(2)9-5-6-10(13)11(14)12(9)8(3)4/h3-8,15H,1-2H3;5-8,13H,1-4H3;5-8,14H,1-4H3;5-8,13H,1-4H3;5-8,14H,1-4H3;2*5-8,13H,1-4H3/p+7. The highest BCUT2D eigenvalue weighted by Gasteiger charge is 2.40. The van der Waals surface area contributed by atoms with Crippen LogP contribution >= 0.6 is 0 Å². The van der Waals surface area contributed by atoms with Gasteiger partial charge in [0, 0.05) is 70.7 Å². The fourth-order valence-electron chi connectivity index (χ4n) is 11.4. The minimum Gasteiger partial charge on any atom is -0.504 e. The van der Waals surface area contributed by atoms with Gasteiger partial charge < -0.3 is 71.5 Å².